The Balaban J connectivity index is 1.08. The summed E-state index contributed by atoms with van der Waals surface area (Å²) in [4.78, 5) is 0. The number of nitrogens with one attached hydrogen (secondary N) is 1. The molecule has 0 saturated carbocycles. The molecule has 0 unspecified atom stereocenters. The summed E-state index contributed by atoms with van der Waals surface area (Å²) >= 11 is 0. The van der Waals surface area contributed by atoms with Crippen molar-refractivity contribution >= 4 is 41.6 Å². The van der Waals surface area contributed by atoms with Crippen molar-refractivity contribution in [1.82, 2.24) is 5.32 Å². The van der Waals surface area contributed by atoms with Gasteiger partial charge in [-0.3, -0.25) is 0 Å². The van der Waals surface area contributed by atoms with Gasteiger partial charge in [0.15, 0.2) is 0 Å². The summed E-state index contributed by atoms with van der Waals surface area (Å²) in [5.74, 6) is 0. The molecule has 0 aliphatic heterocycles. The lowest BCUT2D eigenvalue weighted by Crippen LogP contribution is -2.30. The fraction of sp³-hybridized carbons (Fsp3) is 0.0588. The van der Waals surface area contributed by atoms with Gasteiger partial charge in [-0.25, -0.2) is 0 Å². The van der Waals surface area contributed by atoms with E-state index < -0.39 is 5.41 Å². The highest BCUT2D eigenvalue weighted by Crippen LogP contribution is 2.59. The number of hydrogen-bond donors (Lipinski definition) is 2. The number of nitrogen functional groups attached to an aromatic ring is 1. The number of hydrogen-bond acceptors (Lipinski definition) is 2. The van der Waals surface area contributed by atoms with Crippen molar-refractivity contribution in [3.8, 4) is 11.1 Å². The lowest BCUT2D eigenvalue weighted by Gasteiger charge is -2.37. The van der Waals surface area contributed by atoms with E-state index in [0.717, 1.165) is 24.1 Å². The Kier molecular flexibility index (Phi) is 8.42. The zero-order chi connectivity index (χ0) is 35.6. The second kappa shape index (κ2) is 13.8. The lowest BCUT2D eigenvalue weighted by molar-refractivity contribution is 0.775. The fourth-order valence-corrected chi connectivity index (χ4v) is 8.27. The van der Waals surface area contributed by atoms with Crippen LogP contribution in [0.1, 0.15) is 57.3 Å². The summed E-state index contributed by atoms with van der Waals surface area (Å²) in [7, 11) is 0. The molecule has 1 spiro atoms. The van der Waals surface area contributed by atoms with Gasteiger partial charge in [-0.05, 0) is 122 Å². The maximum absolute atomic E-state index is 6.04. The number of fused-ring (bicyclic) bond motifs is 5. The van der Waals surface area contributed by atoms with Crippen LogP contribution < -0.4 is 11.1 Å². The first-order chi connectivity index (χ1) is 26.2. The van der Waals surface area contributed by atoms with Crippen LogP contribution in [0, 0.1) is 0 Å². The number of benzene rings is 5. The van der Waals surface area contributed by atoms with Crippen molar-refractivity contribution < 1.29 is 0 Å². The van der Waals surface area contributed by atoms with Crippen molar-refractivity contribution in [3.05, 3.63) is 231 Å². The highest BCUT2D eigenvalue weighted by Gasteiger charge is 2.48. The van der Waals surface area contributed by atoms with Crippen LogP contribution in [-0.2, 0) is 5.41 Å². The Labute approximate surface area is 312 Å². The van der Waals surface area contributed by atoms with Crippen molar-refractivity contribution in [2.45, 2.75) is 18.3 Å². The monoisotopic (exact) mass is 680 g/mol. The smallest absolute Gasteiger partial charge is 0.0714 e. The molecule has 3 N–H and O–H groups in total. The summed E-state index contributed by atoms with van der Waals surface area (Å²) in [6, 6.07) is 41.5. The molecular formula is C51H40N2. The number of allylic oxidation sites excluding steroid dienone is 12. The minimum absolute atomic E-state index is 0.477. The first-order valence-corrected chi connectivity index (χ1v) is 18.4. The van der Waals surface area contributed by atoms with E-state index in [-0.39, 0.29) is 0 Å². The van der Waals surface area contributed by atoms with E-state index in [2.05, 4.69) is 145 Å². The van der Waals surface area contributed by atoms with E-state index in [4.69, 9.17) is 5.73 Å². The highest BCUT2D eigenvalue weighted by atomic mass is 14.8. The number of rotatable bonds is 6. The van der Waals surface area contributed by atoms with Gasteiger partial charge in [-0.2, -0.15) is 0 Å². The van der Waals surface area contributed by atoms with E-state index in [0.29, 0.717) is 0 Å². The number of nitrogens with two attached hydrogens (primary N) is 1. The van der Waals surface area contributed by atoms with E-state index in [1.807, 2.05) is 60.8 Å². The number of anilines is 1. The van der Waals surface area contributed by atoms with Crippen LogP contribution in [0.2, 0.25) is 0 Å². The third-order valence-corrected chi connectivity index (χ3v) is 10.9. The van der Waals surface area contributed by atoms with Crippen molar-refractivity contribution in [1.29, 1.82) is 0 Å². The standard InChI is InChI=1S/C51H40N2/c52-50-21-11-8-16-39(50)15-3-1-2-12-32-53-45-29-24-38(25-30-45)42-26-31-47-46-19-9-10-20-48(46)51(49(47)35-42)43-27-22-36-13-4-6-17-40(36)33-44(51)28-23-37-14-5-7-18-41(37)34-43/h1-24,26-29,31-35,53H,25,30,52H2/b2-1-,15-3-,27-22-,28-23-,32-12+,36-22?,37-23?,40-33?,41-34?,43-27?,43-34+,44-28?,44-33+. The van der Waals surface area contributed by atoms with E-state index in [1.165, 1.54) is 72.5 Å². The van der Waals surface area contributed by atoms with Gasteiger partial charge in [0, 0.05) is 17.6 Å². The second-order valence-corrected chi connectivity index (χ2v) is 13.9. The van der Waals surface area contributed by atoms with Gasteiger partial charge in [-0.1, -0.05) is 158 Å². The zero-order valence-corrected chi connectivity index (χ0v) is 29.5. The maximum atomic E-state index is 6.04. The van der Waals surface area contributed by atoms with Gasteiger partial charge in [0.1, 0.15) is 0 Å². The van der Waals surface area contributed by atoms with Gasteiger partial charge in [0.05, 0.1) is 5.41 Å². The van der Waals surface area contributed by atoms with Crippen LogP contribution in [-0.4, -0.2) is 0 Å². The third kappa shape index (κ3) is 5.89. The molecule has 0 amide bonds. The van der Waals surface area contributed by atoms with Crippen molar-refractivity contribution in [3.63, 3.8) is 0 Å². The first kappa shape index (κ1) is 32.3. The quantitative estimate of drug-likeness (QED) is 0.138. The van der Waals surface area contributed by atoms with Gasteiger partial charge < -0.3 is 11.1 Å². The Bertz CT molecular complexity index is 2470. The maximum Gasteiger partial charge on any atom is 0.0714 e. The molecule has 0 saturated heterocycles. The minimum atomic E-state index is -0.477. The molecule has 53 heavy (non-hydrogen) atoms. The Morgan fingerprint density at radius 1 is 0.547 bits per heavy atom. The predicted octanol–water partition coefficient (Wildman–Crippen LogP) is 12.2. The normalized spacial score (nSPS) is 21.4. The van der Waals surface area contributed by atoms with Crippen LogP contribution in [0.5, 0.6) is 0 Å². The average Bonchev–Trinajstić information content (AvgIpc) is 3.48. The third-order valence-electron chi connectivity index (χ3n) is 10.9. The van der Waals surface area contributed by atoms with Crippen molar-refractivity contribution in [2.24, 2.45) is 0 Å². The Morgan fingerprint density at radius 2 is 1.19 bits per heavy atom. The van der Waals surface area contributed by atoms with E-state index in [9.17, 15) is 0 Å². The van der Waals surface area contributed by atoms with Gasteiger partial charge in [0.25, 0.3) is 0 Å². The first-order valence-electron chi connectivity index (χ1n) is 18.4. The molecule has 2 nitrogen and oxygen atoms in total. The molecule has 4 aliphatic carbocycles. The molecule has 5 aromatic rings. The molecule has 254 valence electrons. The number of para-hydroxylation sites is 1. The minimum Gasteiger partial charge on any atom is -0.398 e. The van der Waals surface area contributed by atoms with Crippen LogP contribution >= 0.6 is 0 Å². The molecule has 0 heterocycles. The summed E-state index contributed by atoms with van der Waals surface area (Å²) in [6.07, 6.45) is 32.7. The largest absolute Gasteiger partial charge is 0.398 e. The van der Waals surface area contributed by atoms with Crippen LogP contribution in [0.15, 0.2) is 187 Å². The Morgan fingerprint density at radius 3 is 1.91 bits per heavy atom. The van der Waals surface area contributed by atoms with Crippen molar-refractivity contribution in [2.75, 3.05) is 5.73 Å². The van der Waals surface area contributed by atoms with E-state index in [1.54, 1.807) is 0 Å². The molecule has 0 atom stereocenters. The topological polar surface area (TPSA) is 38.0 Å². The summed E-state index contributed by atoms with van der Waals surface area (Å²) in [5, 5.41) is 3.49. The van der Waals surface area contributed by atoms with E-state index >= 15 is 0 Å². The molecule has 5 aromatic carbocycles. The molecule has 4 aliphatic rings. The fourth-order valence-electron chi connectivity index (χ4n) is 8.27. The summed E-state index contributed by atoms with van der Waals surface area (Å²) in [6.45, 7) is 0. The van der Waals surface area contributed by atoms with Gasteiger partial charge in [-0.15, -0.1) is 0 Å². The van der Waals surface area contributed by atoms with Gasteiger partial charge >= 0.3 is 0 Å². The SMILES string of the molecule is Nc1ccccc1\C=C/C=C\C=C\NC1=CC=C(c2ccc3c(c2)C2(C4=C/c5ccccc5/C=C\C2=C/c2ccccc2/C=C\4)c2ccccc2-3)CC1. The highest BCUT2D eigenvalue weighted by molar-refractivity contribution is 5.94. The summed E-state index contributed by atoms with van der Waals surface area (Å²) < 4.78 is 0. The predicted molar refractivity (Wildman–Crippen MR) is 226 cm³/mol. The molecular weight excluding hydrogens is 641 g/mol. The molecule has 2 heteroatoms. The van der Waals surface area contributed by atoms with Crippen LogP contribution in [0.3, 0.4) is 0 Å². The average molecular weight is 681 g/mol. The lowest BCUT2D eigenvalue weighted by atomic mass is 9.64. The molecule has 0 aromatic heterocycles. The van der Waals surface area contributed by atoms with Crippen LogP contribution in [0.4, 0.5) is 5.69 Å². The molecule has 0 radical (unpaired) electrons. The molecule has 9 rings (SSSR count). The molecule has 2 bridgehead atoms. The summed E-state index contributed by atoms with van der Waals surface area (Å²) in [5.41, 5.74) is 24.0. The Hall–Kier alpha value is -6.64. The molecule has 0 fully saturated rings. The second-order valence-electron chi connectivity index (χ2n) is 13.9. The van der Waals surface area contributed by atoms with Crippen LogP contribution in [0.25, 0.3) is 47.1 Å². The van der Waals surface area contributed by atoms with Gasteiger partial charge in [0.2, 0.25) is 0 Å². The zero-order valence-electron chi connectivity index (χ0n) is 29.5.